The van der Waals surface area contributed by atoms with Crippen molar-refractivity contribution in [2.75, 3.05) is 18.5 Å². The van der Waals surface area contributed by atoms with Crippen LogP contribution in [0.25, 0.3) is 0 Å². The number of hydrogen-bond acceptors (Lipinski definition) is 2. The number of halogens is 1. The predicted molar refractivity (Wildman–Crippen MR) is 71.6 cm³/mol. The predicted octanol–water partition coefficient (Wildman–Crippen LogP) is 3.24. The Morgan fingerprint density at radius 2 is 2.24 bits per heavy atom. The molecule has 1 saturated carbocycles. The molecule has 2 rings (SSSR count). The Kier molecular flexibility index (Phi) is 3.43. The summed E-state index contributed by atoms with van der Waals surface area (Å²) in [6.07, 6.45) is 1.25. The summed E-state index contributed by atoms with van der Waals surface area (Å²) in [6, 6.07) is 5.28. The molecule has 2 unspecified atom stereocenters. The van der Waals surface area contributed by atoms with Gasteiger partial charge >= 0.3 is 5.97 Å². The van der Waals surface area contributed by atoms with Gasteiger partial charge in [-0.15, -0.1) is 0 Å². The molecule has 0 aromatic heterocycles. The quantitative estimate of drug-likeness (QED) is 0.927. The Morgan fingerprint density at radius 3 is 2.76 bits per heavy atom. The van der Waals surface area contributed by atoms with Gasteiger partial charge in [-0.2, -0.15) is 0 Å². The van der Waals surface area contributed by atoms with Crippen molar-refractivity contribution >= 4 is 27.6 Å². The van der Waals surface area contributed by atoms with Crippen LogP contribution in [0, 0.1) is 11.8 Å². The highest BCUT2D eigenvalue weighted by Crippen LogP contribution is 2.39. The number of rotatable bonds is 4. The molecule has 0 aliphatic heterocycles. The number of carboxylic acids is 1. The van der Waals surface area contributed by atoms with Crippen LogP contribution in [0.2, 0.25) is 0 Å². The Hall–Kier alpha value is -1.03. The van der Waals surface area contributed by atoms with Crippen molar-refractivity contribution in [3.05, 3.63) is 28.2 Å². The first-order valence-corrected chi connectivity index (χ1v) is 6.52. The van der Waals surface area contributed by atoms with Crippen LogP contribution in [0.15, 0.2) is 22.7 Å². The van der Waals surface area contributed by atoms with Gasteiger partial charge < -0.3 is 10.0 Å². The molecule has 1 fully saturated rings. The molecule has 0 radical (unpaired) electrons. The fraction of sp³-hybridized carbons (Fsp3) is 0.462. The molecule has 0 bridgehead atoms. The molecular weight excluding hydrogens is 282 g/mol. The Labute approximate surface area is 110 Å². The zero-order valence-electron chi connectivity index (χ0n) is 9.98. The maximum Gasteiger partial charge on any atom is 0.337 e. The van der Waals surface area contributed by atoms with E-state index in [1.165, 1.54) is 6.42 Å². The minimum Gasteiger partial charge on any atom is -0.478 e. The largest absolute Gasteiger partial charge is 0.478 e. The highest BCUT2D eigenvalue weighted by Gasteiger charge is 2.33. The summed E-state index contributed by atoms with van der Waals surface area (Å²) in [5.41, 5.74) is 1.15. The number of carboxylic acid groups (broad SMARTS) is 1. The third kappa shape index (κ3) is 2.80. The summed E-state index contributed by atoms with van der Waals surface area (Å²) in [7, 11) is 1.96. The highest BCUT2D eigenvalue weighted by atomic mass is 79.9. The number of anilines is 1. The molecule has 0 spiro atoms. The maximum atomic E-state index is 11.2. The van der Waals surface area contributed by atoms with Crippen molar-refractivity contribution in [2.45, 2.75) is 13.3 Å². The smallest absolute Gasteiger partial charge is 0.337 e. The molecule has 2 atom stereocenters. The molecular formula is C13H16BrNO2. The molecule has 0 heterocycles. The minimum atomic E-state index is -0.872. The van der Waals surface area contributed by atoms with Crippen molar-refractivity contribution in [1.82, 2.24) is 0 Å². The van der Waals surface area contributed by atoms with Gasteiger partial charge in [0.15, 0.2) is 0 Å². The lowest BCUT2D eigenvalue weighted by atomic mass is 10.1. The summed E-state index contributed by atoms with van der Waals surface area (Å²) in [4.78, 5) is 13.2. The van der Waals surface area contributed by atoms with Gasteiger partial charge in [0.05, 0.1) is 11.3 Å². The summed E-state index contributed by atoms with van der Waals surface area (Å²) < 4.78 is 0.910. The fourth-order valence-electron chi connectivity index (χ4n) is 2.11. The van der Waals surface area contributed by atoms with Crippen LogP contribution >= 0.6 is 15.9 Å². The van der Waals surface area contributed by atoms with E-state index in [4.69, 9.17) is 5.11 Å². The van der Waals surface area contributed by atoms with Crippen LogP contribution in [0.5, 0.6) is 0 Å². The third-order valence-electron chi connectivity index (χ3n) is 3.39. The van der Waals surface area contributed by atoms with Gasteiger partial charge in [0.2, 0.25) is 0 Å². The standard InChI is InChI=1S/C13H16BrNO2/c1-8-5-9(8)7-15(2)12-6-10(14)3-4-11(12)13(16)17/h3-4,6,8-9H,5,7H2,1-2H3,(H,16,17). The molecule has 4 heteroatoms. The van der Waals surface area contributed by atoms with Gasteiger partial charge in [-0.25, -0.2) is 4.79 Å². The van der Waals surface area contributed by atoms with E-state index in [1.807, 2.05) is 18.0 Å². The first kappa shape index (κ1) is 12.4. The van der Waals surface area contributed by atoms with Gasteiger partial charge in [0.25, 0.3) is 0 Å². The first-order chi connectivity index (χ1) is 7.99. The average Bonchev–Trinajstić information content (AvgIpc) is 2.93. The lowest BCUT2D eigenvalue weighted by molar-refractivity contribution is 0.0697. The van der Waals surface area contributed by atoms with Gasteiger partial charge in [0, 0.05) is 18.1 Å². The number of aromatic carboxylic acids is 1. The van der Waals surface area contributed by atoms with Gasteiger partial charge in [-0.3, -0.25) is 0 Å². The Morgan fingerprint density at radius 1 is 1.59 bits per heavy atom. The lowest BCUT2D eigenvalue weighted by Gasteiger charge is -2.21. The van der Waals surface area contributed by atoms with Gasteiger partial charge in [-0.05, 0) is 36.5 Å². The number of hydrogen-bond donors (Lipinski definition) is 1. The monoisotopic (exact) mass is 297 g/mol. The topological polar surface area (TPSA) is 40.5 Å². The average molecular weight is 298 g/mol. The van der Waals surface area contributed by atoms with Crippen molar-refractivity contribution in [2.24, 2.45) is 11.8 Å². The lowest BCUT2D eigenvalue weighted by Crippen LogP contribution is -2.22. The molecule has 1 aliphatic carbocycles. The number of nitrogens with zero attached hydrogens (tertiary/aromatic N) is 1. The van der Waals surface area contributed by atoms with Gasteiger partial charge in [-0.1, -0.05) is 22.9 Å². The fourth-order valence-corrected chi connectivity index (χ4v) is 2.45. The third-order valence-corrected chi connectivity index (χ3v) is 3.88. The molecule has 1 aliphatic rings. The van der Waals surface area contributed by atoms with Crippen LogP contribution in [-0.4, -0.2) is 24.7 Å². The summed E-state index contributed by atoms with van der Waals surface area (Å²) in [5.74, 6) is 0.613. The molecule has 3 nitrogen and oxygen atoms in total. The minimum absolute atomic E-state index is 0.365. The Balaban J connectivity index is 2.22. The van der Waals surface area contributed by atoms with Crippen LogP contribution in [0.4, 0.5) is 5.69 Å². The van der Waals surface area contributed by atoms with Crippen molar-refractivity contribution < 1.29 is 9.90 Å². The first-order valence-electron chi connectivity index (χ1n) is 5.73. The van der Waals surface area contributed by atoms with Crippen LogP contribution in [-0.2, 0) is 0 Å². The second kappa shape index (κ2) is 4.69. The molecule has 0 amide bonds. The second-order valence-corrected chi connectivity index (χ2v) is 5.74. The highest BCUT2D eigenvalue weighted by molar-refractivity contribution is 9.10. The molecule has 17 heavy (non-hydrogen) atoms. The number of carbonyl (C=O) groups is 1. The van der Waals surface area contributed by atoms with Crippen LogP contribution in [0.1, 0.15) is 23.7 Å². The zero-order chi connectivity index (χ0) is 12.6. The maximum absolute atomic E-state index is 11.2. The SMILES string of the molecule is CC1CC1CN(C)c1cc(Br)ccc1C(=O)O. The summed E-state index contributed by atoms with van der Waals surface area (Å²) in [6.45, 7) is 3.16. The molecule has 1 N–H and O–H groups in total. The van der Waals surface area contributed by atoms with Crippen molar-refractivity contribution in [3.63, 3.8) is 0 Å². The van der Waals surface area contributed by atoms with E-state index in [-0.39, 0.29) is 0 Å². The van der Waals surface area contributed by atoms with Crippen molar-refractivity contribution in [1.29, 1.82) is 0 Å². The van der Waals surface area contributed by atoms with E-state index in [2.05, 4.69) is 22.9 Å². The molecule has 0 saturated heterocycles. The van der Waals surface area contributed by atoms with E-state index < -0.39 is 5.97 Å². The van der Waals surface area contributed by atoms with Gasteiger partial charge in [0.1, 0.15) is 0 Å². The summed E-state index contributed by atoms with van der Waals surface area (Å²) in [5, 5.41) is 9.17. The normalized spacial score (nSPS) is 22.3. The van der Waals surface area contributed by atoms with E-state index in [0.717, 1.165) is 22.6 Å². The molecule has 1 aromatic rings. The van der Waals surface area contributed by atoms with Crippen LogP contribution < -0.4 is 4.90 Å². The number of benzene rings is 1. The zero-order valence-corrected chi connectivity index (χ0v) is 11.6. The Bertz CT molecular complexity index is 447. The summed E-state index contributed by atoms with van der Waals surface area (Å²) >= 11 is 3.39. The second-order valence-electron chi connectivity index (χ2n) is 4.82. The van der Waals surface area contributed by atoms with Crippen LogP contribution in [0.3, 0.4) is 0 Å². The van der Waals surface area contributed by atoms with Crippen molar-refractivity contribution in [3.8, 4) is 0 Å². The van der Waals surface area contributed by atoms with E-state index in [9.17, 15) is 4.79 Å². The molecule has 92 valence electrons. The van der Waals surface area contributed by atoms with E-state index in [1.54, 1.807) is 12.1 Å². The van der Waals surface area contributed by atoms with E-state index >= 15 is 0 Å². The van der Waals surface area contributed by atoms with E-state index in [0.29, 0.717) is 11.5 Å². The molecule has 1 aromatic carbocycles.